The monoisotopic (exact) mass is 380 g/mol. The lowest BCUT2D eigenvalue weighted by Crippen LogP contribution is -2.19. The number of thiazole rings is 1. The molecule has 0 aliphatic heterocycles. The van der Waals surface area contributed by atoms with Gasteiger partial charge in [-0.05, 0) is 37.1 Å². The van der Waals surface area contributed by atoms with Gasteiger partial charge in [-0.2, -0.15) is 0 Å². The Kier molecular flexibility index (Phi) is 5.52. The Hall–Kier alpha value is -3.19. The summed E-state index contributed by atoms with van der Waals surface area (Å²) in [6, 6.07) is 14.3. The maximum absolute atomic E-state index is 12.7. The number of urea groups is 1. The predicted octanol–water partition coefficient (Wildman–Crippen LogP) is 4.42. The molecule has 0 aliphatic rings. The van der Waals surface area contributed by atoms with E-state index in [1.807, 2.05) is 19.1 Å². The number of carbonyl (C=O) groups is 2. The first-order valence-electron chi connectivity index (χ1n) is 8.51. The molecule has 0 saturated heterocycles. The van der Waals surface area contributed by atoms with Crippen LogP contribution in [0, 0.1) is 6.92 Å². The van der Waals surface area contributed by atoms with Gasteiger partial charge in [-0.15, -0.1) is 11.3 Å². The van der Waals surface area contributed by atoms with Crippen molar-refractivity contribution in [2.75, 3.05) is 10.6 Å². The van der Waals surface area contributed by atoms with Crippen molar-refractivity contribution in [3.63, 3.8) is 0 Å². The number of hydrogen-bond donors (Lipinski definition) is 3. The van der Waals surface area contributed by atoms with Gasteiger partial charge in [-0.25, -0.2) is 9.78 Å². The minimum absolute atomic E-state index is 0.238. The quantitative estimate of drug-likeness (QED) is 0.611. The van der Waals surface area contributed by atoms with Gasteiger partial charge < -0.3 is 16.4 Å². The standard InChI is InChI=1S/C20H20N4O2S/c1-3-13-7-9-14(10-8-13)19-22-12(2)17(27-19)18(25)23-15-5-4-6-16(11-15)24-20(21)26/h4-11H,3H2,1-2H3,(H,23,25)(H3,21,24,26). The van der Waals surface area contributed by atoms with Gasteiger partial charge in [0.05, 0.1) is 5.69 Å². The zero-order valence-corrected chi connectivity index (χ0v) is 15.9. The first kappa shape index (κ1) is 18.6. The van der Waals surface area contributed by atoms with E-state index in [0.29, 0.717) is 21.9 Å². The molecular weight excluding hydrogens is 360 g/mol. The average molecular weight is 380 g/mol. The molecule has 0 unspecified atom stereocenters. The molecule has 0 aliphatic carbocycles. The Morgan fingerprint density at radius 2 is 1.74 bits per heavy atom. The van der Waals surface area contributed by atoms with Crippen molar-refractivity contribution < 1.29 is 9.59 Å². The highest BCUT2D eigenvalue weighted by Gasteiger charge is 2.16. The van der Waals surface area contributed by atoms with E-state index >= 15 is 0 Å². The number of aryl methyl sites for hydroxylation is 2. The van der Waals surface area contributed by atoms with Crippen LogP contribution in [-0.4, -0.2) is 16.9 Å². The molecule has 1 aromatic heterocycles. The number of carbonyl (C=O) groups excluding carboxylic acids is 2. The van der Waals surface area contributed by atoms with E-state index in [1.165, 1.54) is 16.9 Å². The molecular formula is C20H20N4O2S. The van der Waals surface area contributed by atoms with Crippen LogP contribution in [-0.2, 0) is 6.42 Å². The van der Waals surface area contributed by atoms with E-state index < -0.39 is 6.03 Å². The summed E-state index contributed by atoms with van der Waals surface area (Å²) >= 11 is 1.36. The molecule has 1 heterocycles. The topological polar surface area (TPSA) is 97.1 Å². The number of benzene rings is 2. The molecule has 0 radical (unpaired) electrons. The van der Waals surface area contributed by atoms with Crippen LogP contribution in [0.3, 0.4) is 0 Å². The Balaban J connectivity index is 1.79. The zero-order chi connectivity index (χ0) is 19.4. The molecule has 27 heavy (non-hydrogen) atoms. The van der Waals surface area contributed by atoms with Crippen molar-refractivity contribution in [1.82, 2.24) is 4.98 Å². The van der Waals surface area contributed by atoms with Crippen molar-refractivity contribution in [2.24, 2.45) is 5.73 Å². The van der Waals surface area contributed by atoms with E-state index in [9.17, 15) is 9.59 Å². The van der Waals surface area contributed by atoms with E-state index in [2.05, 4.69) is 34.7 Å². The highest BCUT2D eigenvalue weighted by molar-refractivity contribution is 7.17. The van der Waals surface area contributed by atoms with Crippen LogP contribution in [0.1, 0.15) is 27.9 Å². The summed E-state index contributed by atoms with van der Waals surface area (Å²) < 4.78 is 0. The number of anilines is 2. The third-order valence-electron chi connectivity index (χ3n) is 4.00. The summed E-state index contributed by atoms with van der Waals surface area (Å²) in [5.74, 6) is -0.238. The third-order valence-corrected chi connectivity index (χ3v) is 5.21. The number of aromatic nitrogens is 1. The molecule has 2 aromatic carbocycles. The fourth-order valence-corrected chi connectivity index (χ4v) is 3.59. The lowest BCUT2D eigenvalue weighted by Gasteiger charge is -2.07. The van der Waals surface area contributed by atoms with Gasteiger partial charge in [0, 0.05) is 16.9 Å². The van der Waals surface area contributed by atoms with Crippen molar-refractivity contribution in [1.29, 1.82) is 0 Å². The third kappa shape index (κ3) is 4.51. The highest BCUT2D eigenvalue weighted by Crippen LogP contribution is 2.29. The zero-order valence-electron chi connectivity index (χ0n) is 15.1. The minimum atomic E-state index is -0.657. The summed E-state index contributed by atoms with van der Waals surface area (Å²) in [6.45, 7) is 3.93. The van der Waals surface area contributed by atoms with Crippen LogP contribution in [0.4, 0.5) is 16.2 Å². The van der Waals surface area contributed by atoms with Crippen LogP contribution in [0.15, 0.2) is 48.5 Å². The Morgan fingerprint density at radius 3 is 2.37 bits per heavy atom. The first-order chi connectivity index (χ1) is 13.0. The summed E-state index contributed by atoms with van der Waals surface area (Å²) in [5, 5.41) is 6.13. The molecule has 3 amide bonds. The molecule has 138 valence electrons. The number of nitrogens with one attached hydrogen (secondary N) is 2. The summed E-state index contributed by atoms with van der Waals surface area (Å²) in [6.07, 6.45) is 0.981. The van der Waals surface area contributed by atoms with Crippen molar-refractivity contribution in [2.45, 2.75) is 20.3 Å². The average Bonchev–Trinajstić information content (AvgIpc) is 3.03. The number of amides is 3. The van der Waals surface area contributed by atoms with Gasteiger partial charge in [0.2, 0.25) is 0 Å². The fraction of sp³-hybridized carbons (Fsp3) is 0.150. The van der Waals surface area contributed by atoms with Crippen molar-refractivity contribution in [3.8, 4) is 10.6 Å². The lowest BCUT2D eigenvalue weighted by molar-refractivity contribution is 0.103. The number of rotatable bonds is 5. The molecule has 7 heteroatoms. The number of hydrogen-bond acceptors (Lipinski definition) is 4. The molecule has 0 saturated carbocycles. The van der Waals surface area contributed by atoms with Gasteiger partial charge in [-0.3, -0.25) is 4.79 Å². The van der Waals surface area contributed by atoms with Gasteiger partial charge in [0.15, 0.2) is 0 Å². The first-order valence-corrected chi connectivity index (χ1v) is 9.32. The smallest absolute Gasteiger partial charge is 0.316 e. The normalized spacial score (nSPS) is 10.4. The summed E-state index contributed by atoms with van der Waals surface area (Å²) in [5.41, 5.74) is 9.12. The second-order valence-electron chi connectivity index (χ2n) is 6.01. The maximum atomic E-state index is 12.7. The second kappa shape index (κ2) is 8.01. The van der Waals surface area contributed by atoms with E-state index in [-0.39, 0.29) is 5.91 Å². The van der Waals surface area contributed by atoms with Crippen molar-refractivity contribution >= 4 is 34.6 Å². The molecule has 0 bridgehead atoms. The molecule has 3 rings (SSSR count). The Morgan fingerprint density at radius 1 is 1.07 bits per heavy atom. The van der Waals surface area contributed by atoms with Crippen LogP contribution in [0.2, 0.25) is 0 Å². The van der Waals surface area contributed by atoms with Gasteiger partial charge in [-0.1, -0.05) is 37.3 Å². The molecule has 4 N–H and O–H groups in total. The molecule has 6 nitrogen and oxygen atoms in total. The van der Waals surface area contributed by atoms with Gasteiger partial charge in [0.25, 0.3) is 5.91 Å². The maximum Gasteiger partial charge on any atom is 0.316 e. The van der Waals surface area contributed by atoms with Crippen LogP contribution in [0.5, 0.6) is 0 Å². The largest absolute Gasteiger partial charge is 0.351 e. The Bertz CT molecular complexity index is 980. The fourth-order valence-electron chi connectivity index (χ4n) is 2.62. The van der Waals surface area contributed by atoms with Crippen LogP contribution < -0.4 is 16.4 Å². The van der Waals surface area contributed by atoms with Crippen molar-refractivity contribution in [3.05, 3.63) is 64.7 Å². The van der Waals surface area contributed by atoms with Crippen LogP contribution >= 0.6 is 11.3 Å². The molecule has 3 aromatic rings. The number of primary amides is 1. The number of nitrogens with zero attached hydrogens (tertiary/aromatic N) is 1. The Labute approximate surface area is 161 Å². The van der Waals surface area contributed by atoms with Gasteiger partial charge >= 0.3 is 6.03 Å². The van der Waals surface area contributed by atoms with E-state index in [4.69, 9.17) is 5.73 Å². The highest BCUT2D eigenvalue weighted by atomic mass is 32.1. The minimum Gasteiger partial charge on any atom is -0.351 e. The summed E-state index contributed by atoms with van der Waals surface area (Å²) in [7, 11) is 0. The second-order valence-corrected chi connectivity index (χ2v) is 7.01. The molecule has 0 fully saturated rings. The number of nitrogens with two attached hydrogens (primary N) is 1. The molecule has 0 atom stereocenters. The van der Waals surface area contributed by atoms with Gasteiger partial charge in [0.1, 0.15) is 9.88 Å². The summed E-state index contributed by atoms with van der Waals surface area (Å²) in [4.78, 5) is 28.7. The van der Waals surface area contributed by atoms with Crippen LogP contribution in [0.25, 0.3) is 10.6 Å². The molecule has 0 spiro atoms. The predicted molar refractivity (Wildman–Crippen MR) is 109 cm³/mol. The lowest BCUT2D eigenvalue weighted by atomic mass is 10.1. The van der Waals surface area contributed by atoms with E-state index in [0.717, 1.165) is 17.0 Å². The SMILES string of the molecule is CCc1ccc(-c2nc(C)c(C(=O)Nc3cccc(NC(N)=O)c3)s2)cc1. The van der Waals surface area contributed by atoms with E-state index in [1.54, 1.807) is 24.3 Å².